The third-order valence-electron chi connectivity index (χ3n) is 2.82. The van der Waals surface area contributed by atoms with Crippen molar-refractivity contribution >= 4 is 0 Å². The summed E-state index contributed by atoms with van der Waals surface area (Å²) in [4.78, 5) is 0. The average molecular weight is 243 g/mol. The number of methoxy groups -OCH3 is 2. The molecule has 0 fully saturated rings. The van der Waals surface area contributed by atoms with Crippen LogP contribution in [0, 0.1) is 19.7 Å². The minimum absolute atomic E-state index is 0.0111. The van der Waals surface area contributed by atoms with Gasteiger partial charge in [0.1, 0.15) is 5.82 Å². The van der Waals surface area contributed by atoms with E-state index in [-0.39, 0.29) is 12.3 Å². The molecule has 0 heterocycles. The number of ether oxygens (including phenoxy) is 2. The molecule has 0 saturated heterocycles. The Balaban J connectivity index is 3.61. The molecule has 0 aliphatic rings. The van der Waals surface area contributed by atoms with Crippen LogP contribution in [0.1, 0.15) is 22.8 Å². The quantitative estimate of drug-likeness (QED) is 0.840. The molecule has 0 aromatic heterocycles. The minimum Gasteiger partial charge on any atom is -0.492 e. The summed E-state index contributed by atoms with van der Waals surface area (Å²) in [6.45, 7) is 3.17. The summed E-state index contributed by atoms with van der Waals surface area (Å²) >= 11 is 0. The normalized spacial score (nSPS) is 12.4. The van der Waals surface area contributed by atoms with Crippen molar-refractivity contribution in [2.45, 2.75) is 20.0 Å². The summed E-state index contributed by atoms with van der Waals surface area (Å²) in [7, 11) is 2.87. The average Bonchev–Trinajstić information content (AvgIpc) is 2.34. The van der Waals surface area contributed by atoms with Crippen molar-refractivity contribution in [1.82, 2.24) is 0 Å². The fourth-order valence-corrected chi connectivity index (χ4v) is 1.93. The number of benzene rings is 1. The number of rotatable bonds is 4. The highest BCUT2D eigenvalue weighted by atomic mass is 19.1. The van der Waals surface area contributed by atoms with E-state index in [2.05, 4.69) is 0 Å². The van der Waals surface area contributed by atoms with Gasteiger partial charge in [-0.2, -0.15) is 0 Å². The van der Waals surface area contributed by atoms with Gasteiger partial charge in [0.05, 0.1) is 20.3 Å². The van der Waals surface area contributed by atoms with Crippen LogP contribution < -0.4 is 15.2 Å². The van der Waals surface area contributed by atoms with E-state index in [0.29, 0.717) is 22.4 Å². The molecule has 96 valence electrons. The molecule has 1 atom stereocenters. The number of hydrogen-bond donors (Lipinski definition) is 2. The number of halogens is 1. The van der Waals surface area contributed by atoms with Crippen LogP contribution in [0.25, 0.3) is 0 Å². The molecule has 0 bridgehead atoms. The van der Waals surface area contributed by atoms with Crippen LogP contribution in [-0.4, -0.2) is 25.9 Å². The summed E-state index contributed by atoms with van der Waals surface area (Å²) in [6, 6.07) is 0. The summed E-state index contributed by atoms with van der Waals surface area (Å²) in [5.41, 5.74) is 6.44. The van der Waals surface area contributed by atoms with Crippen molar-refractivity contribution in [1.29, 1.82) is 0 Å². The van der Waals surface area contributed by atoms with E-state index < -0.39 is 11.9 Å². The van der Waals surface area contributed by atoms with E-state index >= 15 is 0 Å². The van der Waals surface area contributed by atoms with Gasteiger partial charge in [0.15, 0.2) is 11.5 Å². The standard InChI is InChI=1S/C12H18FNO3/c1-6-9(8(15)5-14)12(17-4)11(16-3)7(2)10(6)13/h8,15H,5,14H2,1-4H3. The van der Waals surface area contributed by atoms with E-state index in [4.69, 9.17) is 15.2 Å². The van der Waals surface area contributed by atoms with Crippen LogP contribution in [0.15, 0.2) is 0 Å². The highest BCUT2D eigenvalue weighted by molar-refractivity contribution is 5.56. The molecule has 0 spiro atoms. The van der Waals surface area contributed by atoms with Crippen LogP contribution in [0.4, 0.5) is 4.39 Å². The van der Waals surface area contributed by atoms with Crippen molar-refractivity contribution in [3.8, 4) is 11.5 Å². The molecule has 1 aromatic carbocycles. The zero-order chi connectivity index (χ0) is 13.2. The maximum atomic E-state index is 14.0. The van der Waals surface area contributed by atoms with Crippen molar-refractivity contribution < 1.29 is 19.0 Å². The maximum absolute atomic E-state index is 14.0. The predicted octanol–water partition coefficient (Wildman–Crippen LogP) is 1.45. The van der Waals surface area contributed by atoms with E-state index in [1.54, 1.807) is 13.8 Å². The lowest BCUT2D eigenvalue weighted by Crippen LogP contribution is -2.16. The van der Waals surface area contributed by atoms with Crippen LogP contribution in [0.2, 0.25) is 0 Å². The highest BCUT2D eigenvalue weighted by Gasteiger charge is 2.25. The molecule has 0 amide bonds. The first-order chi connectivity index (χ1) is 7.99. The maximum Gasteiger partial charge on any atom is 0.167 e. The van der Waals surface area contributed by atoms with E-state index in [0.717, 1.165) is 0 Å². The second-order valence-corrected chi connectivity index (χ2v) is 3.80. The van der Waals surface area contributed by atoms with Crippen LogP contribution in [-0.2, 0) is 0 Å². The largest absolute Gasteiger partial charge is 0.492 e. The molecule has 17 heavy (non-hydrogen) atoms. The van der Waals surface area contributed by atoms with Crippen molar-refractivity contribution in [3.05, 3.63) is 22.5 Å². The number of aliphatic hydroxyl groups is 1. The van der Waals surface area contributed by atoms with E-state index in [1.807, 2.05) is 0 Å². The second-order valence-electron chi connectivity index (χ2n) is 3.80. The minimum atomic E-state index is -0.978. The topological polar surface area (TPSA) is 64.7 Å². The van der Waals surface area contributed by atoms with Gasteiger partial charge in [-0.1, -0.05) is 0 Å². The summed E-state index contributed by atoms with van der Waals surface area (Å²) in [6.07, 6.45) is -0.978. The number of hydrogen-bond acceptors (Lipinski definition) is 4. The Morgan fingerprint density at radius 1 is 1.18 bits per heavy atom. The second kappa shape index (κ2) is 5.33. The van der Waals surface area contributed by atoms with Gasteiger partial charge < -0.3 is 20.3 Å². The molecular formula is C12H18FNO3. The van der Waals surface area contributed by atoms with Gasteiger partial charge in [-0.3, -0.25) is 0 Å². The third-order valence-corrected chi connectivity index (χ3v) is 2.82. The fourth-order valence-electron chi connectivity index (χ4n) is 1.93. The first kappa shape index (κ1) is 13.7. The lowest BCUT2D eigenvalue weighted by atomic mass is 9.97. The Bertz CT molecular complexity index is 421. The van der Waals surface area contributed by atoms with Crippen molar-refractivity contribution in [2.24, 2.45) is 5.73 Å². The highest BCUT2D eigenvalue weighted by Crippen LogP contribution is 2.41. The molecule has 0 aliphatic carbocycles. The molecular weight excluding hydrogens is 225 g/mol. The van der Waals surface area contributed by atoms with Gasteiger partial charge in [0.2, 0.25) is 0 Å². The van der Waals surface area contributed by atoms with Gasteiger partial charge in [-0.05, 0) is 19.4 Å². The summed E-state index contributed by atoms with van der Waals surface area (Å²) < 4.78 is 24.3. The van der Waals surface area contributed by atoms with E-state index in [9.17, 15) is 9.50 Å². The molecule has 1 rings (SSSR count). The van der Waals surface area contributed by atoms with E-state index in [1.165, 1.54) is 14.2 Å². The molecule has 3 N–H and O–H groups in total. The van der Waals surface area contributed by atoms with Gasteiger partial charge in [-0.15, -0.1) is 0 Å². The first-order valence-corrected chi connectivity index (χ1v) is 5.28. The Morgan fingerprint density at radius 2 is 1.71 bits per heavy atom. The van der Waals surface area contributed by atoms with Crippen molar-refractivity contribution in [3.63, 3.8) is 0 Å². The lowest BCUT2D eigenvalue weighted by Gasteiger charge is -2.21. The van der Waals surface area contributed by atoms with Crippen LogP contribution in [0.3, 0.4) is 0 Å². The number of aliphatic hydroxyl groups excluding tert-OH is 1. The van der Waals surface area contributed by atoms with Gasteiger partial charge in [0, 0.05) is 17.7 Å². The monoisotopic (exact) mass is 243 g/mol. The SMILES string of the molecule is COc1c(C)c(F)c(C)c(C(O)CN)c1OC. The molecule has 4 nitrogen and oxygen atoms in total. The van der Waals surface area contributed by atoms with Gasteiger partial charge in [-0.25, -0.2) is 4.39 Å². The molecule has 0 aliphatic heterocycles. The Kier molecular flexibility index (Phi) is 4.31. The Labute approximate surface area is 100 Å². The predicted molar refractivity (Wildman–Crippen MR) is 63.0 cm³/mol. The number of nitrogens with two attached hydrogens (primary N) is 1. The molecule has 0 saturated carbocycles. The fraction of sp³-hybridized carbons (Fsp3) is 0.500. The molecule has 1 aromatic rings. The molecule has 5 heteroatoms. The summed E-state index contributed by atoms with van der Waals surface area (Å²) in [5, 5.41) is 9.83. The van der Waals surface area contributed by atoms with Crippen molar-refractivity contribution in [2.75, 3.05) is 20.8 Å². The van der Waals surface area contributed by atoms with Crippen LogP contribution >= 0.6 is 0 Å². The smallest absolute Gasteiger partial charge is 0.167 e. The van der Waals surface area contributed by atoms with Crippen LogP contribution in [0.5, 0.6) is 11.5 Å². The Morgan fingerprint density at radius 3 is 2.12 bits per heavy atom. The molecule has 1 unspecified atom stereocenters. The lowest BCUT2D eigenvalue weighted by molar-refractivity contribution is 0.179. The first-order valence-electron chi connectivity index (χ1n) is 5.28. The zero-order valence-electron chi connectivity index (χ0n) is 10.5. The zero-order valence-corrected chi connectivity index (χ0v) is 10.5. The Hall–Kier alpha value is -1.33. The third kappa shape index (κ3) is 2.21. The summed E-state index contributed by atoms with van der Waals surface area (Å²) in [5.74, 6) is 0.213. The van der Waals surface area contributed by atoms with Gasteiger partial charge >= 0.3 is 0 Å². The van der Waals surface area contributed by atoms with Gasteiger partial charge in [0.25, 0.3) is 0 Å². The molecule has 0 radical (unpaired) electrons.